The molecule has 0 bridgehead atoms. The quantitative estimate of drug-likeness (QED) is 0.797. The maximum atomic E-state index is 4.52. The molecular formula is C12H19N3S. The van der Waals surface area contributed by atoms with Gasteiger partial charge in [0.1, 0.15) is 16.9 Å². The van der Waals surface area contributed by atoms with Crippen molar-refractivity contribution in [3.8, 4) is 0 Å². The number of rotatable bonds is 2. The van der Waals surface area contributed by atoms with Crippen LogP contribution in [0.3, 0.4) is 0 Å². The Labute approximate surface area is 101 Å². The molecule has 0 aromatic carbocycles. The summed E-state index contributed by atoms with van der Waals surface area (Å²) in [7, 11) is 0. The van der Waals surface area contributed by atoms with E-state index in [1.54, 1.807) is 0 Å². The Morgan fingerprint density at radius 2 is 1.94 bits per heavy atom. The van der Waals surface area contributed by atoms with Crippen LogP contribution in [0.4, 0.5) is 0 Å². The lowest BCUT2D eigenvalue weighted by Crippen LogP contribution is -2.01. The number of aryl methyl sites for hydroxylation is 1. The molecule has 0 radical (unpaired) electrons. The largest absolute Gasteiger partial charge is 0.235 e. The number of fused-ring (bicyclic) bond motifs is 1. The lowest BCUT2D eigenvalue weighted by atomic mass is 10.2. The summed E-state index contributed by atoms with van der Waals surface area (Å²) in [6, 6.07) is 0. The first-order valence-corrected chi connectivity index (χ1v) is 6.67. The molecule has 0 unspecified atom stereocenters. The SMILES string of the molecule is CC.CCc1nc(C(C)C)nc2csnc12. The van der Waals surface area contributed by atoms with Gasteiger partial charge >= 0.3 is 0 Å². The van der Waals surface area contributed by atoms with E-state index in [4.69, 9.17) is 0 Å². The molecule has 4 heteroatoms. The van der Waals surface area contributed by atoms with Crippen LogP contribution in [0.15, 0.2) is 5.38 Å². The molecule has 0 aliphatic carbocycles. The van der Waals surface area contributed by atoms with Crippen molar-refractivity contribution < 1.29 is 0 Å². The van der Waals surface area contributed by atoms with Gasteiger partial charge in [0.25, 0.3) is 0 Å². The van der Waals surface area contributed by atoms with Crippen molar-refractivity contribution in [2.45, 2.75) is 47.0 Å². The van der Waals surface area contributed by atoms with Crippen LogP contribution in [0.5, 0.6) is 0 Å². The molecule has 2 aromatic rings. The van der Waals surface area contributed by atoms with Crippen molar-refractivity contribution in [3.05, 3.63) is 16.9 Å². The topological polar surface area (TPSA) is 38.7 Å². The van der Waals surface area contributed by atoms with Gasteiger partial charge in [0.05, 0.1) is 5.69 Å². The van der Waals surface area contributed by atoms with E-state index >= 15 is 0 Å². The highest BCUT2D eigenvalue weighted by Crippen LogP contribution is 2.19. The molecular weight excluding hydrogens is 218 g/mol. The summed E-state index contributed by atoms with van der Waals surface area (Å²) in [5.74, 6) is 1.30. The van der Waals surface area contributed by atoms with Gasteiger partial charge in [-0.1, -0.05) is 34.6 Å². The van der Waals surface area contributed by atoms with Crippen molar-refractivity contribution in [1.29, 1.82) is 0 Å². The van der Waals surface area contributed by atoms with E-state index in [0.717, 1.165) is 29.0 Å². The Hall–Kier alpha value is -1.03. The zero-order valence-corrected chi connectivity index (χ0v) is 11.4. The molecule has 16 heavy (non-hydrogen) atoms. The Morgan fingerprint density at radius 3 is 2.50 bits per heavy atom. The van der Waals surface area contributed by atoms with E-state index in [-0.39, 0.29) is 0 Å². The van der Waals surface area contributed by atoms with E-state index in [0.29, 0.717) is 5.92 Å². The molecule has 0 amide bonds. The third-order valence-corrected chi connectivity index (χ3v) is 2.78. The van der Waals surface area contributed by atoms with Gasteiger partial charge in [-0.2, -0.15) is 4.37 Å². The molecule has 2 heterocycles. The summed E-state index contributed by atoms with van der Waals surface area (Å²) in [6.07, 6.45) is 0.919. The Bertz CT molecular complexity index is 448. The third kappa shape index (κ3) is 2.55. The first kappa shape index (κ1) is 13.0. The molecule has 0 saturated heterocycles. The van der Waals surface area contributed by atoms with E-state index in [2.05, 4.69) is 35.1 Å². The second kappa shape index (κ2) is 5.89. The van der Waals surface area contributed by atoms with E-state index < -0.39 is 0 Å². The molecule has 2 aromatic heterocycles. The van der Waals surface area contributed by atoms with E-state index in [9.17, 15) is 0 Å². The van der Waals surface area contributed by atoms with E-state index in [1.807, 2.05) is 19.2 Å². The maximum absolute atomic E-state index is 4.52. The molecule has 0 N–H and O–H groups in total. The fourth-order valence-corrected chi connectivity index (χ4v) is 1.98. The first-order valence-electron chi connectivity index (χ1n) is 5.83. The van der Waals surface area contributed by atoms with Gasteiger partial charge in [0, 0.05) is 11.3 Å². The van der Waals surface area contributed by atoms with Crippen molar-refractivity contribution in [1.82, 2.24) is 14.3 Å². The lowest BCUT2D eigenvalue weighted by molar-refractivity contribution is 0.769. The third-order valence-electron chi connectivity index (χ3n) is 2.16. The highest BCUT2D eigenvalue weighted by atomic mass is 32.1. The van der Waals surface area contributed by atoms with Crippen LogP contribution >= 0.6 is 11.5 Å². The van der Waals surface area contributed by atoms with Crippen molar-refractivity contribution in [2.75, 3.05) is 0 Å². The van der Waals surface area contributed by atoms with Crippen LogP contribution in [0.2, 0.25) is 0 Å². The van der Waals surface area contributed by atoms with Crippen LogP contribution in [0.1, 0.15) is 52.1 Å². The van der Waals surface area contributed by atoms with Gasteiger partial charge < -0.3 is 0 Å². The van der Waals surface area contributed by atoms with E-state index in [1.165, 1.54) is 11.5 Å². The summed E-state index contributed by atoms with van der Waals surface area (Å²) >= 11 is 1.45. The Morgan fingerprint density at radius 1 is 1.25 bits per heavy atom. The molecule has 0 atom stereocenters. The van der Waals surface area contributed by atoms with Crippen molar-refractivity contribution >= 4 is 22.6 Å². The summed E-state index contributed by atoms with van der Waals surface area (Å²) in [5, 5.41) is 1.99. The summed E-state index contributed by atoms with van der Waals surface area (Å²) in [4.78, 5) is 9.00. The minimum absolute atomic E-state index is 0.379. The van der Waals surface area contributed by atoms with Crippen LogP contribution in [0, 0.1) is 0 Å². The molecule has 3 nitrogen and oxygen atoms in total. The van der Waals surface area contributed by atoms with Gasteiger partial charge in [-0.3, -0.25) is 0 Å². The van der Waals surface area contributed by atoms with Crippen LogP contribution in [-0.2, 0) is 6.42 Å². The fourth-order valence-electron chi connectivity index (χ4n) is 1.36. The standard InChI is InChI=1S/C10H13N3S.C2H6/c1-4-7-9-8(5-14-13-9)12-10(11-7)6(2)3;1-2/h5-6H,4H2,1-3H3;1-2H3. The molecule has 0 aliphatic heterocycles. The minimum atomic E-state index is 0.379. The fraction of sp³-hybridized carbons (Fsp3) is 0.583. The number of hydrogen-bond donors (Lipinski definition) is 0. The number of hydrogen-bond acceptors (Lipinski definition) is 4. The van der Waals surface area contributed by atoms with Crippen LogP contribution in [0.25, 0.3) is 11.0 Å². The summed E-state index contributed by atoms with van der Waals surface area (Å²) in [6.45, 7) is 10.3. The highest BCUT2D eigenvalue weighted by Gasteiger charge is 2.10. The van der Waals surface area contributed by atoms with Crippen molar-refractivity contribution in [3.63, 3.8) is 0 Å². The monoisotopic (exact) mass is 237 g/mol. The van der Waals surface area contributed by atoms with Crippen molar-refractivity contribution in [2.24, 2.45) is 0 Å². The average Bonchev–Trinajstić information content (AvgIpc) is 2.78. The van der Waals surface area contributed by atoms with Gasteiger partial charge in [-0.15, -0.1) is 0 Å². The summed E-state index contributed by atoms with van der Waals surface area (Å²) < 4.78 is 4.31. The number of aromatic nitrogens is 3. The van der Waals surface area contributed by atoms with Crippen LogP contribution in [-0.4, -0.2) is 14.3 Å². The van der Waals surface area contributed by atoms with Gasteiger partial charge in [0.15, 0.2) is 0 Å². The zero-order chi connectivity index (χ0) is 12.1. The second-order valence-corrected chi connectivity index (χ2v) is 4.21. The normalized spacial score (nSPS) is 10.4. The van der Waals surface area contributed by atoms with Crippen LogP contribution < -0.4 is 0 Å². The molecule has 0 spiro atoms. The Balaban J connectivity index is 0.000000606. The molecule has 0 fully saturated rings. The minimum Gasteiger partial charge on any atom is -0.235 e. The lowest BCUT2D eigenvalue weighted by Gasteiger charge is -2.05. The van der Waals surface area contributed by atoms with Gasteiger partial charge in [-0.25, -0.2) is 9.97 Å². The average molecular weight is 237 g/mol. The molecule has 0 aliphatic rings. The predicted molar refractivity (Wildman–Crippen MR) is 70.0 cm³/mol. The summed E-state index contributed by atoms with van der Waals surface area (Å²) in [5.41, 5.74) is 3.03. The predicted octanol–water partition coefficient (Wildman–Crippen LogP) is 3.80. The number of nitrogens with zero attached hydrogens (tertiary/aromatic N) is 3. The second-order valence-electron chi connectivity index (χ2n) is 3.59. The van der Waals surface area contributed by atoms with Gasteiger partial charge in [-0.05, 0) is 18.0 Å². The zero-order valence-electron chi connectivity index (χ0n) is 10.6. The molecule has 0 saturated carbocycles. The van der Waals surface area contributed by atoms with Gasteiger partial charge in [0.2, 0.25) is 0 Å². The first-order chi connectivity index (χ1) is 7.72. The highest BCUT2D eigenvalue weighted by molar-refractivity contribution is 7.04. The molecule has 2 rings (SSSR count). The smallest absolute Gasteiger partial charge is 0.132 e. The Kier molecular flexibility index (Phi) is 4.80. The maximum Gasteiger partial charge on any atom is 0.132 e. The molecule has 88 valence electrons.